The second kappa shape index (κ2) is 8.91. The first kappa shape index (κ1) is 19.8. The van der Waals surface area contributed by atoms with E-state index in [9.17, 15) is 4.79 Å². The van der Waals surface area contributed by atoms with Gasteiger partial charge >= 0.3 is 0 Å². The molecule has 4 aromatic rings. The van der Waals surface area contributed by atoms with Gasteiger partial charge in [0.25, 0.3) is 0 Å². The standard InChI is InChI=1S/C21H22N6O2S/c1-26(2)17-5-3-15(4-6-17)13-27-18(9-11-22-27)23-19(28)7-8-20-24-25-21(29-20)16-10-12-30-14-16/h3-6,9-12,14H,7-8,13H2,1-2H3,(H,23,28). The van der Waals surface area contributed by atoms with Crippen molar-refractivity contribution in [1.82, 2.24) is 20.0 Å². The molecule has 3 aromatic heterocycles. The molecule has 154 valence electrons. The van der Waals surface area contributed by atoms with Crippen LogP contribution in [0.1, 0.15) is 17.9 Å². The SMILES string of the molecule is CN(C)c1ccc(Cn2nccc2NC(=O)CCc2nnc(-c3ccsc3)o2)cc1. The van der Waals surface area contributed by atoms with E-state index in [-0.39, 0.29) is 12.3 Å². The van der Waals surface area contributed by atoms with Crippen molar-refractivity contribution >= 4 is 28.7 Å². The third-order valence-electron chi connectivity index (χ3n) is 4.57. The van der Waals surface area contributed by atoms with Gasteiger partial charge in [-0.3, -0.25) is 4.79 Å². The summed E-state index contributed by atoms with van der Waals surface area (Å²) >= 11 is 1.57. The summed E-state index contributed by atoms with van der Waals surface area (Å²) in [4.78, 5) is 14.4. The number of nitrogens with one attached hydrogen (secondary N) is 1. The summed E-state index contributed by atoms with van der Waals surface area (Å²) in [6.07, 6.45) is 2.30. The molecule has 0 aliphatic heterocycles. The van der Waals surface area contributed by atoms with Crippen LogP contribution in [-0.2, 0) is 17.8 Å². The molecule has 0 unspecified atom stereocenters. The molecule has 0 radical (unpaired) electrons. The Hall–Kier alpha value is -3.46. The Morgan fingerprint density at radius 3 is 2.73 bits per heavy atom. The Morgan fingerprint density at radius 2 is 2.00 bits per heavy atom. The molecule has 8 nitrogen and oxygen atoms in total. The van der Waals surface area contributed by atoms with E-state index in [1.165, 1.54) is 0 Å². The highest BCUT2D eigenvalue weighted by molar-refractivity contribution is 7.08. The molecule has 0 spiro atoms. The van der Waals surface area contributed by atoms with E-state index in [2.05, 4.69) is 49.8 Å². The van der Waals surface area contributed by atoms with Gasteiger partial charge in [-0.15, -0.1) is 10.2 Å². The van der Waals surface area contributed by atoms with Crippen LogP contribution in [0, 0.1) is 0 Å². The van der Waals surface area contributed by atoms with E-state index >= 15 is 0 Å². The Labute approximate surface area is 178 Å². The zero-order chi connectivity index (χ0) is 20.9. The zero-order valence-corrected chi connectivity index (χ0v) is 17.6. The lowest BCUT2D eigenvalue weighted by atomic mass is 10.2. The number of carbonyl (C=O) groups excluding carboxylic acids is 1. The van der Waals surface area contributed by atoms with Crippen LogP contribution in [0.4, 0.5) is 11.5 Å². The zero-order valence-electron chi connectivity index (χ0n) is 16.8. The van der Waals surface area contributed by atoms with E-state index in [0.717, 1.165) is 16.8 Å². The van der Waals surface area contributed by atoms with Crippen LogP contribution in [0.15, 0.2) is 57.8 Å². The third kappa shape index (κ3) is 4.74. The topological polar surface area (TPSA) is 89.1 Å². The molecule has 0 saturated heterocycles. The molecule has 4 rings (SSSR count). The molecule has 0 atom stereocenters. The van der Waals surface area contributed by atoms with Crippen molar-refractivity contribution in [1.29, 1.82) is 0 Å². The minimum atomic E-state index is -0.130. The van der Waals surface area contributed by atoms with Gasteiger partial charge in [-0.1, -0.05) is 12.1 Å². The number of amides is 1. The van der Waals surface area contributed by atoms with Crippen molar-refractivity contribution in [2.75, 3.05) is 24.3 Å². The van der Waals surface area contributed by atoms with Crippen molar-refractivity contribution in [3.63, 3.8) is 0 Å². The maximum absolute atomic E-state index is 12.4. The van der Waals surface area contributed by atoms with E-state index < -0.39 is 0 Å². The highest BCUT2D eigenvalue weighted by Gasteiger charge is 2.12. The Morgan fingerprint density at radius 1 is 1.17 bits per heavy atom. The van der Waals surface area contributed by atoms with Gasteiger partial charge in [-0.05, 0) is 29.1 Å². The van der Waals surface area contributed by atoms with Crippen molar-refractivity contribution in [2.24, 2.45) is 0 Å². The molecule has 9 heteroatoms. The molecule has 0 aliphatic rings. The van der Waals surface area contributed by atoms with Crippen LogP contribution in [-0.4, -0.2) is 40.0 Å². The normalized spacial score (nSPS) is 10.9. The number of aromatic nitrogens is 4. The molecule has 1 aromatic carbocycles. The number of benzene rings is 1. The van der Waals surface area contributed by atoms with Crippen LogP contribution < -0.4 is 10.2 Å². The molecule has 0 aliphatic carbocycles. The average molecular weight is 423 g/mol. The summed E-state index contributed by atoms with van der Waals surface area (Å²) in [5, 5.41) is 19.2. The summed E-state index contributed by atoms with van der Waals surface area (Å²) in [5.41, 5.74) is 3.13. The Kier molecular flexibility index (Phi) is 5.89. The second-order valence-electron chi connectivity index (χ2n) is 7.00. The minimum Gasteiger partial charge on any atom is -0.421 e. The lowest BCUT2D eigenvalue weighted by molar-refractivity contribution is -0.116. The minimum absolute atomic E-state index is 0.130. The fraction of sp³-hybridized carbons (Fsp3) is 0.238. The number of rotatable bonds is 8. The fourth-order valence-electron chi connectivity index (χ4n) is 2.92. The summed E-state index contributed by atoms with van der Waals surface area (Å²) in [6, 6.07) is 11.9. The van der Waals surface area contributed by atoms with Crippen molar-refractivity contribution < 1.29 is 9.21 Å². The first-order valence-corrected chi connectivity index (χ1v) is 10.5. The third-order valence-corrected chi connectivity index (χ3v) is 5.25. The van der Waals surface area contributed by atoms with E-state index in [1.54, 1.807) is 28.3 Å². The summed E-state index contributed by atoms with van der Waals surface area (Å²) in [7, 11) is 4.01. The molecule has 0 saturated carbocycles. The smallest absolute Gasteiger partial charge is 0.248 e. The van der Waals surface area contributed by atoms with Gasteiger partial charge < -0.3 is 14.6 Å². The molecular formula is C21H22N6O2S. The molecule has 1 N–H and O–H groups in total. The van der Waals surface area contributed by atoms with Gasteiger partial charge in [0.05, 0.1) is 12.7 Å². The number of hydrogen-bond donors (Lipinski definition) is 1. The lowest BCUT2D eigenvalue weighted by Crippen LogP contribution is -2.16. The maximum Gasteiger partial charge on any atom is 0.248 e. The largest absolute Gasteiger partial charge is 0.421 e. The second-order valence-corrected chi connectivity index (χ2v) is 7.78. The number of thiophene rings is 1. The van der Waals surface area contributed by atoms with Crippen molar-refractivity contribution in [2.45, 2.75) is 19.4 Å². The van der Waals surface area contributed by atoms with Gasteiger partial charge in [0.15, 0.2) is 0 Å². The monoisotopic (exact) mass is 422 g/mol. The molecule has 1 amide bonds. The van der Waals surface area contributed by atoms with Crippen molar-refractivity contribution in [3.8, 4) is 11.5 Å². The van der Waals surface area contributed by atoms with E-state index in [1.807, 2.05) is 30.9 Å². The number of anilines is 2. The fourth-order valence-corrected chi connectivity index (χ4v) is 3.55. The molecule has 30 heavy (non-hydrogen) atoms. The molecular weight excluding hydrogens is 400 g/mol. The van der Waals surface area contributed by atoms with E-state index in [4.69, 9.17) is 4.42 Å². The van der Waals surface area contributed by atoms with Gasteiger partial charge in [0.2, 0.25) is 17.7 Å². The highest BCUT2D eigenvalue weighted by atomic mass is 32.1. The molecule has 3 heterocycles. The quantitative estimate of drug-likeness (QED) is 0.466. The number of hydrogen-bond acceptors (Lipinski definition) is 7. The summed E-state index contributed by atoms with van der Waals surface area (Å²) in [5.74, 6) is 1.45. The van der Waals surface area contributed by atoms with E-state index in [0.29, 0.717) is 30.6 Å². The highest BCUT2D eigenvalue weighted by Crippen LogP contribution is 2.21. The van der Waals surface area contributed by atoms with Crippen LogP contribution in [0.3, 0.4) is 0 Å². The number of aryl methyl sites for hydroxylation is 1. The van der Waals surface area contributed by atoms with Gasteiger partial charge in [0.1, 0.15) is 5.82 Å². The predicted octanol–water partition coefficient (Wildman–Crippen LogP) is 3.68. The maximum atomic E-state index is 12.4. The van der Waals surface area contributed by atoms with Gasteiger partial charge in [-0.2, -0.15) is 16.4 Å². The van der Waals surface area contributed by atoms with Crippen LogP contribution in [0.5, 0.6) is 0 Å². The van der Waals surface area contributed by atoms with Crippen LogP contribution in [0.25, 0.3) is 11.5 Å². The molecule has 0 fully saturated rings. The first-order valence-electron chi connectivity index (χ1n) is 9.51. The van der Waals surface area contributed by atoms with Gasteiger partial charge in [-0.25, -0.2) is 4.68 Å². The van der Waals surface area contributed by atoms with Gasteiger partial charge in [0, 0.05) is 49.6 Å². The summed E-state index contributed by atoms with van der Waals surface area (Å²) in [6.45, 7) is 0.573. The van der Waals surface area contributed by atoms with Crippen molar-refractivity contribution in [3.05, 3.63) is 64.8 Å². The number of nitrogens with zero attached hydrogens (tertiary/aromatic N) is 5. The lowest BCUT2D eigenvalue weighted by Gasteiger charge is -2.13. The number of carbonyl (C=O) groups is 1. The summed E-state index contributed by atoms with van der Waals surface area (Å²) < 4.78 is 7.39. The predicted molar refractivity (Wildman–Crippen MR) is 117 cm³/mol. The van der Waals surface area contributed by atoms with Crippen LogP contribution >= 0.6 is 11.3 Å². The molecule has 0 bridgehead atoms. The van der Waals surface area contributed by atoms with Crippen LogP contribution in [0.2, 0.25) is 0 Å². The average Bonchev–Trinajstić information content (AvgIpc) is 3.49. The first-order chi connectivity index (χ1) is 14.6. The Bertz CT molecular complexity index is 1100. The Balaban J connectivity index is 1.32.